The van der Waals surface area contributed by atoms with E-state index < -0.39 is 5.41 Å². The van der Waals surface area contributed by atoms with Crippen LogP contribution in [0.4, 0.5) is 5.69 Å². The Hall–Kier alpha value is -2.63. The van der Waals surface area contributed by atoms with Gasteiger partial charge in [0, 0.05) is 23.5 Å². The molecule has 140 valence electrons. The highest BCUT2D eigenvalue weighted by Gasteiger charge is 2.58. The zero-order chi connectivity index (χ0) is 18.6. The molecule has 1 aromatic heterocycles. The number of fused-ring (bicyclic) bond motifs is 3. The largest absolute Gasteiger partial charge is 0.333 e. The molecule has 0 saturated carbocycles. The number of rotatable bonds is 3. The van der Waals surface area contributed by atoms with Gasteiger partial charge in [-0.15, -0.1) is 0 Å². The molecule has 0 unspecified atom stereocenters. The van der Waals surface area contributed by atoms with Crippen molar-refractivity contribution in [2.75, 3.05) is 11.9 Å². The summed E-state index contributed by atoms with van der Waals surface area (Å²) in [6, 6.07) is 7.78. The summed E-state index contributed by atoms with van der Waals surface area (Å²) in [6.07, 6.45) is 5.34. The van der Waals surface area contributed by atoms with Crippen LogP contribution in [-0.4, -0.2) is 39.5 Å². The average molecular weight is 364 g/mol. The quantitative estimate of drug-likeness (QED) is 0.879. The van der Waals surface area contributed by atoms with Gasteiger partial charge in [-0.05, 0) is 43.7 Å². The van der Waals surface area contributed by atoms with Crippen LogP contribution in [0, 0.1) is 0 Å². The van der Waals surface area contributed by atoms with E-state index >= 15 is 0 Å². The number of likely N-dealkylation sites (tertiary alicyclic amines) is 1. The number of carbonyl (C=O) groups is 2. The van der Waals surface area contributed by atoms with E-state index in [0.717, 1.165) is 54.6 Å². The third-order valence-electron chi connectivity index (χ3n) is 6.59. The number of benzene rings is 1. The van der Waals surface area contributed by atoms with Gasteiger partial charge in [0.25, 0.3) is 5.91 Å². The van der Waals surface area contributed by atoms with E-state index in [-0.39, 0.29) is 17.9 Å². The summed E-state index contributed by atoms with van der Waals surface area (Å²) in [4.78, 5) is 28.5. The molecule has 3 aliphatic rings. The van der Waals surface area contributed by atoms with Gasteiger partial charge in [-0.2, -0.15) is 5.10 Å². The van der Waals surface area contributed by atoms with Crippen LogP contribution in [-0.2, 0) is 23.1 Å². The third-order valence-corrected chi connectivity index (χ3v) is 6.59. The molecule has 6 heteroatoms. The number of nitrogens with one attached hydrogen (secondary N) is 2. The van der Waals surface area contributed by atoms with Gasteiger partial charge in [-0.25, -0.2) is 0 Å². The van der Waals surface area contributed by atoms with Crippen molar-refractivity contribution in [2.24, 2.45) is 0 Å². The lowest BCUT2D eigenvalue weighted by molar-refractivity contribution is -0.121. The summed E-state index contributed by atoms with van der Waals surface area (Å²) in [6.45, 7) is 2.70. The molecule has 2 atom stereocenters. The number of aromatic amines is 1. The number of nitrogens with zero attached hydrogens (tertiary/aromatic N) is 2. The molecule has 2 aliphatic heterocycles. The Morgan fingerprint density at radius 2 is 2.19 bits per heavy atom. The van der Waals surface area contributed by atoms with Crippen LogP contribution >= 0.6 is 0 Å². The van der Waals surface area contributed by atoms with Crippen LogP contribution in [0.3, 0.4) is 0 Å². The molecule has 3 heterocycles. The summed E-state index contributed by atoms with van der Waals surface area (Å²) < 4.78 is 0. The Kier molecular flexibility index (Phi) is 3.64. The summed E-state index contributed by atoms with van der Waals surface area (Å²) in [5, 5.41) is 10.4. The Labute approximate surface area is 158 Å². The number of anilines is 1. The summed E-state index contributed by atoms with van der Waals surface area (Å²) in [5.41, 5.74) is 4.03. The first-order valence-electron chi connectivity index (χ1n) is 9.95. The minimum Gasteiger partial charge on any atom is -0.333 e. The molecule has 2 amide bonds. The smallest absolute Gasteiger partial charge is 0.274 e. The monoisotopic (exact) mass is 364 g/mol. The topological polar surface area (TPSA) is 78.1 Å². The van der Waals surface area contributed by atoms with Gasteiger partial charge in [0.1, 0.15) is 0 Å². The molecule has 1 aromatic carbocycles. The molecule has 1 spiro atoms. The number of aromatic nitrogens is 2. The van der Waals surface area contributed by atoms with E-state index in [2.05, 4.69) is 22.4 Å². The Balaban J connectivity index is 1.56. The van der Waals surface area contributed by atoms with E-state index in [1.54, 1.807) is 0 Å². The predicted molar refractivity (Wildman–Crippen MR) is 102 cm³/mol. The highest BCUT2D eigenvalue weighted by molar-refractivity contribution is 6.08. The van der Waals surface area contributed by atoms with Crippen LogP contribution in [0.2, 0.25) is 0 Å². The first kappa shape index (κ1) is 16.5. The van der Waals surface area contributed by atoms with Crippen molar-refractivity contribution in [3.05, 3.63) is 46.8 Å². The Morgan fingerprint density at radius 3 is 3.04 bits per heavy atom. The third kappa shape index (κ3) is 2.16. The van der Waals surface area contributed by atoms with E-state index in [4.69, 9.17) is 0 Å². The number of para-hydroxylation sites is 1. The van der Waals surface area contributed by atoms with E-state index in [1.165, 1.54) is 0 Å². The van der Waals surface area contributed by atoms with Crippen molar-refractivity contribution in [3.63, 3.8) is 0 Å². The molecule has 1 saturated heterocycles. The first-order valence-corrected chi connectivity index (χ1v) is 9.95. The second kappa shape index (κ2) is 5.94. The van der Waals surface area contributed by atoms with Crippen LogP contribution in [0.25, 0.3) is 0 Å². The minimum atomic E-state index is -0.637. The molecule has 1 aliphatic carbocycles. The molecule has 0 bridgehead atoms. The van der Waals surface area contributed by atoms with Gasteiger partial charge in [0.05, 0.1) is 11.5 Å². The zero-order valence-electron chi connectivity index (χ0n) is 15.5. The maximum atomic E-state index is 13.4. The van der Waals surface area contributed by atoms with Crippen molar-refractivity contribution < 1.29 is 9.59 Å². The highest BCUT2D eigenvalue weighted by atomic mass is 16.2. The molecule has 1 fully saturated rings. The molecule has 0 radical (unpaired) electrons. The van der Waals surface area contributed by atoms with E-state index in [9.17, 15) is 9.59 Å². The molecular formula is C21H24N4O2. The van der Waals surface area contributed by atoms with Gasteiger partial charge < -0.3 is 10.2 Å². The predicted octanol–water partition coefficient (Wildman–Crippen LogP) is 2.80. The normalized spacial score (nSPS) is 25.7. The Bertz CT molecular complexity index is 934. The molecular weight excluding hydrogens is 340 g/mol. The van der Waals surface area contributed by atoms with Gasteiger partial charge in [0.2, 0.25) is 5.91 Å². The second-order valence-electron chi connectivity index (χ2n) is 7.91. The van der Waals surface area contributed by atoms with Crippen molar-refractivity contribution in [1.82, 2.24) is 15.1 Å². The number of hydrogen-bond donors (Lipinski definition) is 2. The second-order valence-corrected chi connectivity index (χ2v) is 7.91. The number of carbonyl (C=O) groups excluding carboxylic acids is 2. The van der Waals surface area contributed by atoms with Crippen LogP contribution in [0.1, 0.15) is 59.9 Å². The maximum Gasteiger partial charge on any atom is 0.274 e. The summed E-state index contributed by atoms with van der Waals surface area (Å²) in [7, 11) is 0. The van der Waals surface area contributed by atoms with Crippen LogP contribution in [0.5, 0.6) is 0 Å². The van der Waals surface area contributed by atoms with Crippen molar-refractivity contribution in [2.45, 2.75) is 56.9 Å². The molecule has 6 nitrogen and oxygen atoms in total. The van der Waals surface area contributed by atoms with E-state index in [1.807, 2.05) is 29.2 Å². The minimum absolute atomic E-state index is 0.0260. The Morgan fingerprint density at radius 1 is 1.33 bits per heavy atom. The molecule has 2 N–H and O–H groups in total. The van der Waals surface area contributed by atoms with Gasteiger partial charge >= 0.3 is 0 Å². The number of H-pyrrole nitrogens is 1. The highest BCUT2D eigenvalue weighted by Crippen LogP contribution is 2.49. The van der Waals surface area contributed by atoms with Gasteiger partial charge in [-0.1, -0.05) is 31.5 Å². The van der Waals surface area contributed by atoms with Crippen LogP contribution in [0.15, 0.2) is 24.3 Å². The fourth-order valence-corrected chi connectivity index (χ4v) is 5.35. The fraction of sp³-hybridized carbons (Fsp3) is 0.476. The first-order chi connectivity index (χ1) is 13.2. The fourth-order valence-electron chi connectivity index (χ4n) is 5.35. The van der Waals surface area contributed by atoms with Gasteiger partial charge in [0.15, 0.2) is 5.69 Å². The zero-order valence-corrected chi connectivity index (χ0v) is 15.5. The lowest BCUT2D eigenvalue weighted by Crippen LogP contribution is -2.48. The number of amides is 2. The SMILES string of the molecule is CCC[C@@H]1N(C(=O)c2n[nH]c3c2CCC3)CC[C@]12C(=O)Nc1ccccc12. The molecule has 5 rings (SSSR count). The molecule has 2 aromatic rings. The number of hydrogen-bond acceptors (Lipinski definition) is 3. The van der Waals surface area contributed by atoms with E-state index in [0.29, 0.717) is 18.7 Å². The lowest BCUT2D eigenvalue weighted by atomic mass is 9.73. The number of aryl methyl sites for hydroxylation is 1. The van der Waals surface area contributed by atoms with Gasteiger partial charge in [-0.3, -0.25) is 14.7 Å². The van der Waals surface area contributed by atoms with Crippen molar-refractivity contribution in [1.29, 1.82) is 0 Å². The lowest BCUT2D eigenvalue weighted by Gasteiger charge is -2.33. The standard InChI is InChI=1S/C21H24N4O2/c1-2-6-17-21(14-8-3-4-9-16(14)22-20(21)27)11-12-25(17)19(26)18-13-7-5-10-15(13)23-24-18/h3-4,8-9,17H,2,5-7,10-12H2,1H3,(H,22,27)(H,23,24)/t17-,21+/m0/s1. The maximum absolute atomic E-state index is 13.4. The average Bonchev–Trinajstić information content (AvgIpc) is 3.40. The van der Waals surface area contributed by atoms with Crippen LogP contribution < -0.4 is 5.32 Å². The summed E-state index contributed by atoms with van der Waals surface area (Å²) in [5.74, 6) is 0.00612. The molecule has 27 heavy (non-hydrogen) atoms. The van der Waals surface area contributed by atoms with Crippen molar-refractivity contribution >= 4 is 17.5 Å². The summed E-state index contributed by atoms with van der Waals surface area (Å²) >= 11 is 0. The van der Waals surface area contributed by atoms with Crippen molar-refractivity contribution in [3.8, 4) is 0 Å².